The number of ether oxygens (including phenoxy) is 1. The third-order valence-electron chi connectivity index (χ3n) is 1.66. The maximum atomic E-state index is 10.8. The fourth-order valence-electron chi connectivity index (χ4n) is 0.992. The third kappa shape index (κ3) is 14.9. The van der Waals surface area contributed by atoms with Gasteiger partial charge in [0, 0.05) is 0 Å². The van der Waals surface area contributed by atoms with Crippen molar-refractivity contribution in [1.29, 1.82) is 0 Å². The molecule has 0 saturated carbocycles. The van der Waals surface area contributed by atoms with Gasteiger partial charge in [0.05, 0.1) is 13.2 Å². The number of primary amides is 1. The van der Waals surface area contributed by atoms with E-state index in [2.05, 4.69) is 6.92 Å². The van der Waals surface area contributed by atoms with Crippen molar-refractivity contribution in [3.05, 3.63) is 0 Å². The van der Waals surface area contributed by atoms with Crippen molar-refractivity contribution < 1.29 is 48.8 Å². The van der Waals surface area contributed by atoms with Crippen molar-refractivity contribution >= 4 is 6.09 Å². The Bertz CT molecular complexity index is 123. The van der Waals surface area contributed by atoms with Crippen LogP contribution >= 0.6 is 0 Å². The lowest BCUT2D eigenvalue weighted by molar-refractivity contribution is -0.570. The first-order valence-electron chi connectivity index (χ1n) is 4.81. The second-order valence-electron chi connectivity index (χ2n) is 2.81. The van der Waals surface area contributed by atoms with E-state index < -0.39 is 0 Å². The average Bonchev–Trinajstić information content (AvgIpc) is 2.05. The molecule has 0 bridgehead atoms. The fraction of sp³-hybridized carbons (Fsp3) is 0.889. The molecule has 88 valence electrons. The van der Waals surface area contributed by atoms with Gasteiger partial charge in [-0.25, -0.2) is 5.32 Å². The Labute approximate surface area is 108 Å². The summed E-state index contributed by atoms with van der Waals surface area (Å²) >= 11 is 0. The van der Waals surface area contributed by atoms with E-state index in [1.54, 1.807) is 5.32 Å². The van der Waals surface area contributed by atoms with E-state index in [0.717, 1.165) is 13.0 Å². The molecule has 3 nitrogen and oxygen atoms in total. The van der Waals surface area contributed by atoms with E-state index in [0.29, 0.717) is 6.61 Å². The smallest absolute Gasteiger partial charge is 0.512 e. The number of hydrogen-bond donors (Lipinski definition) is 1. The number of carbonyl (C=O) groups excluding carboxylic acids is 1. The van der Waals surface area contributed by atoms with E-state index in [4.69, 9.17) is 4.74 Å². The van der Waals surface area contributed by atoms with Crippen molar-refractivity contribution in [3.63, 3.8) is 0 Å². The van der Waals surface area contributed by atoms with Crippen LogP contribution in [0.5, 0.6) is 0 Å². The zero-order valence-corrected chi connectivity index (χ0v) is 12.1. The second kappa shape index (κ2) is 15.8. The lowest BCUT2D eigenvalue weighted by Crippen LogP contribution is -3.00. The number of quaternary nitrogens is 1. The molecule has 0 saturated heterocycles. The number of unbranched alkanes of at least 4 members (excludes halogenated alkanes) is 3. The van der Waals surface area contributed by atoms with E-state index in [-0.39, 0.29) is 40.1 Å². The molecule has 0 aromatic rings. The Balaban J connectivity index is -0.000000605. The predicted molar refractivity (Wildman–Crippen MR) is 48.0 cm³/mol. The quantitative estimate of drug-likeness (QED) is 0.496. The Hall–Kier alpha value is 0.390. The van der Waals surface area contributed by atoms with Gasteiger partial charge in [0.1, 0.15) is 0 Å². The summed E-state index contributed by atoms with van der Waals surface area (Å²) in [5.74, 6) is 0. The van der Waals surface area contributed by atoms with Gasteiger partial charge in [-0.1, -0.05) is 19.8 Å². The van der Waals surface area contributed by atoms with Gasteiger partial charge in [-0.15, -0.1) is 0 Å². The van der Waals surface area contributed by atoms with Crippen LogP contribution in [0.25, 0.3) is 0 Å². The highest BCUT2D eigenvalue weighted by atomic mass is 79.9. The van der Waals surface area contributed by atoms with Gasteiger partial charge in [0.2, 0.25) is 0 Å². The van der Waals surface area contributed by atoms with Crippen LogP contribution in [-0.2, 0) is 4.74 Å². The van der Waals surface area contributed by atoms with Crippen LogP contribution in [0, 0.1) is 0 Å². The van der Waals surface area contributed by atoms with Crippen molar-refractivity contribution in [2.45, 2.75) is 39.5 Å². The molecule has 2 N–H and O–H groups in total. The maximum absolute atomic E-state index is 10.8. The van der Waals surface area contributed by atoms with Crippen LogP contribution in [0.1, 0.15) is 39.5 Å². The van der Waals surface area contributed by atoms with Gasteiger partial charge in [-0.3, -0.25) is 0 Å². The minimum absolute atomic E-state index is 0. The zero-order chi connectivity index (χ0) is 9.23. The summed E-state index contributed by atoms with van der Waals surface area (Å²) in [4.78, 5) is 10.8. The molecule has 0 unspecified atom stereocenters. The molecule has 0 aliphatic carbocycles. The average molecular weight is 334 g/mol. The summed E-state index contributed by atoms with van der Waals surface area (Å²) in [5.41, 5.74) is 0. The molecule has 0 aromatic heterocycles. The summed E-state index contributed by atoms with van der Waals surface area (Å²) < 4.78 is 4.75. The first kappa shape index (κ1) is 19.9. The van der Waals surface area contributed by atoms with E-state index in [9.17, 15) is 4.79 Å². The lowest BCUT2D eigenvalue weighted by atomic mass is 10.2. The topological polar surface area (TPSA) is 42.9 Å². The third-order valence-corrected chi connectivity index (χ3v) is 1.66. The van der Waals surface area contributed by atoms with E-state index in [1.165, 1.54) is 19.3 Å². The van der Waals surface area contributed by atoms with Gasteiger partial charge in [-0.05, 0) is 19.8 Å². The molecule has 0 aromatic carbocycles. The molecule has 5 heteroatoms. The van der Waals surface area contributed by atoms with Crippen LogP contribution < -0.4 is 39.3 Å². The normalized spacial score (nSPS) is 8.43. The molecular weight excluding hydrogens is 314 g/mol. The van der Waals surface area contributed by atoms with Gasteiger partial charge in [0.25, 0.3) is 0 Å². The van der Waals surface area contributed by atoms with Crippen molar-refractivity contribution in [2.75, 3.05) is 13.2 Å². The standard InChI is InChI=1S/C9H19NO2.2BrH/c1-3-5-6-7-8-10-9(11)12-4-2;;/h3-8H2,1-2H3,(H,10,11);2*1H/p-1. The first-order valence-corrected chi connectivity index (χ1v) is 4.81. The minimum atomic E-state index is -0.172. The molecule has 0 rings (SSSR count). The number of carbonyl (C=O) groups is 1. The van der Waals surface area contributed by atoms with Gasteiger partial charge < -0.3 is 38.7 Å². The zero-order valence-electron chi connectivity index (χ0n) is 8.89. The molecule has 0 spiro atoms. The molecule has 0 heterocycles. The summed E-state index contributed by atoms with van der Waals surface area (Å²) in [7, 11) is 0. The van der Waals surface area contributed by atoms with Gasteiger partial charge in [-0.2, -0.15) is 4.79 Å². The number of nitrogens with two attached hydrogens (primary N) is 1. The summed E-state index contributed by atoms with van der Waals surface area (Å²) in [6.07, 6.45) is 4.64. The predicted octanol–water partition coefficient (Wildman–Crippen LogP) is -4.71. The Kier molecular flexibility index (Phi) is 22.5. The van der Waals surface area contributed by atoms with Crippen LogP contribution in [0.15, 0.2) is 0 Å². The summed E-state index contributed by atoms with van der Waals surface area (Å²) in [6, 6.07) is 0. The highest BCUT2D eigenvalue weighted by molar-refractivity contribution is 5.55. The van der Waals surface area contributed by atoms with Crippen molar-refractivity contribution in [2.24, 2.45) is 0 Å². The first-order chi connectivity index (χ1) is 5.81. The lowest BCUT2D eigenvalue weighted by Gasteiger charge is -1.98. The van der Waals surface area contributed by atoms with E-state index in [1.807, 2.05) is 6.92 Å². The Morgan fingerprint density at radius 3 is 2.29 bits per heavy atom. The SMILES string of the molecule is CCCCCC[NH2+]C(=O)OCC.[Br-].[Br-]. The highest BCUT2D eigenvalue weighted by Crippen LogP contribution is 1.95. The molecule has 1 amide bonds. The molecule has 0 radical (unpaired) electrons. The molecular formula is C9H20Br2NO2-. The number of amides is 1. The van der Waals surface area contributed by atoms with Crippen molar-refractivity contribution in [1.82, 2.24) is 0 Å². The fourth-order valence-corrected chi connectivity index (χ4v) is 0.992. The molecule has 0 aliphatic heterocycles. The number of rotatable bonds is 6. The second-order valence-corrected chi connectivity index (χ2v) is 2.81. The number of halogens is 2. The Morgan fingerprint density at radius 2 is 1.79 bits per heavy atom. The molecule has 0 fully saturated rings. The Morgan fingerprint density at radius 1 is 1.14 bits per heavy atom. The minimum Gasteiger partial charge on any atom is -1.00 e. The van der Waals surface area contributed by atoms with E-state index >= 15 is 0 Å². The molecule has 0 aliphatic rings. The largest absolute Gasteiger partial charge is 1.00 e. The molecule has 0 atom stereocenters. The molecule has 14 heavy (non-hydrogen) atoms. The monoisotopic (exact) mass is 332 g/mol. The van der Waals surface area contributed by atoms with Crippen LogP contribution in [0.4, 0.5) is 4.79 Å². The van der Waals surface area contributed by atoms with Crippen LogP contribution in [0.3, 0.4) is 0 Å². The van der Waals surface area contributed by atoms with Crippen molar-refractivity contribution in [3.8, 4) is 0 Å². The van der Waals surface area contributed by atoms with Crippen LogP contribution in [0.2, 0.25) is 0 Å². The van der Waals surface area contributed by atoms with Gasteiger partial charge in [0.15, 0.2) is 0 Å². The highest BCUT2D eigenvalue weighted by Gasteiger charge is 2.03. The number of hydrogen-bond acceptors (Lipinski definition) is 2. The summed E-state index contributed by atoms with van der Waals surface area (Å²) in [6.45, 7) is 5.33. The maximum Gasteiger partial charge on any atom is 0.512 e. The van der Waals surface area contributed by atoms with Crippen LogP contribution in [-0.4, -0.2) is 19.2 Å². The summed E-state index contributed by atoms with van der Waals surface area (Å²) in [5, 5.41) is 1.64. The van der Waals surface area contributed by atoms with Gasteiger partial charge >= 0.3 is 6.09 Å².